The Hall–Kier alpha value is -4.79. The van der Waals surface area contributed by atoms with E-state index < -0.39 is 18.2 Å². The van der Waals surface area contributed by atoms with Crippen LogP contribution in [-0.2, 0) is 22.4 Å². The van der Waals surface area contributed by atoms with Gasteiger partial charge in [0.05, 0.1) is 6.10 Å². The molecule has 4 atom stereocenters. The fourth-order valence-corrected chi connectivity index (χ4v) is 5.53. The number of aliphatic hydroxyl groups is 1. The van der Waals surface area contributed by atoms with Gasteiger partial charge < -0.3 is 25.5 Å². The molecule has 4 rings (SSSR count). The minimum absolute atomic E-state index is 0.0404. The Kier molecular flexibility index (Phi) is 12.4. The minimum Gasteiger partial charge on any atom is -0.392 e. The molecule has 0 saturated heterocycles. The molecule has 3 amide bonds. The number of carbonyl (C=O) groups excluding carboxylic acids is 3. The van der Waals surface area contributed by atoms with Gasteiger partial charge in [0, 0.05) is 45.1 Å². The zero-order valence-electron chi connectivity index (χ0n) is 27.9. The largest absolute Gasteiger partial charge is 0.392 e. The summed E-state index contributed by atoms with van der Waals surface area (Å²) in [5.74, 6) is -1.03. The van der Waals surface area contributed by atoms with Gasteiger partial charge in [-0.15, -0.1) is 0 Å². The Morgan fingerprint density at radius 3 is 1.89 bits per heavy atom. The molecule has 246 valence electrons. The number of nitrogens with zero attached hydrogens (tertiary/aromatic N) is 2. The summed E-state index contributed by atoms with van der Waals surface area (Å²) in [7, 11) is 5.12. The van der Waals surface area contributed by atoms with Crippen LogP contribution < -0.4 is 10.6 Å². The summed E-state index contributed by atoms with van der Waals surface area (Å²) in [4.78, 5) is 44.9. The third kappa shape index (κ3) is 9.37. The van der Waals surface area contributed by atoms with Crippen molar-refractivity contribution < 1.29 is 19.5 Å². The number of likely N-dealkylation sites (N-methyl/N-ethyl adjacent to an activating group) is 2. The van der Waals surface area contributed by atoms with Crippen molar-refractivity contribution in [3.8, 4) is 11.1 Å². The highest BCUT2D eigenvalue weighted by molar-refractivity contribution is 5.98. The fraction of sp³-hybridized carbons (Fsp3) is 0.308. The number of aliphatic hydroxyl groups excluding tert-OH is 1. The van der Waals surface area contributed by atoms with Gasteiger partial charge in [-0.2, -0.15) is 0 Å². The maximum absolute atomic E-state index is 14.5. The molecule has 0 radical (unpaired) electrons. The summed E-state index contributed by atoms with van der Waals surface area (Å²) in [5, 5.41) is 15.8. The maximum atomic E-state index is 14.5. The highest BCUT2D eigenvalue weighted by Gasteiger charge is 2.35. The summed E-state index contributed by atoms with van der Waals surface area (Å²) in [5.41, 5.74) is 5.33. The van der Waals surface area contributed by atoms with Crippen LogP contribution in [0.15, 0.2) is 109 Å². The van der Waals surface area contributed by atoms with Crippen LogP contribution in [0.25, 0.3) is 11.1 Å². The summed E-state index contributed by atoms with van der Waals surface area (Å²) >= 11 is 0. The zero-order valence-corrected chi connectivity index (χ0v) is 27.9. The lowest BCUT2D eigenvalue weighted by Gasteiger charge is -2.35. The molecule has 8 heteroatoms. The van der Waals surface area contributed by atoms with Gasteiger partial charge in [-0.1, -0.05) is 97.1 Å². The number of hydrogen-bond acceptors (Lipinski definition) is 5. The molecule has 4 aromatic rings. The molecule has 4 aromatic carbocycles. The second-order valence-corrected chi connectivity index (χ2v) is 12.1. The van der Waals surface area contributed by atoms with Crippen LogP contribution in [0.4, 0.5) is 0 Å². The molecule has 0 aliphatic rings. The van der Waals surface area contributed by atoms with Crippen LogP contribution in [0.1, 0.15) is 46.9 Å². The quantitative estimate of drug-likeness (QED) is 0.184. The Labute approximate surface area is 278 Å². The number of benzene rings is 4. The van der Waals surface area contributed by atoms with Crippen LogP contribution in [0.5, 0.6) is 0 Å². The average molecular weight is 635 g/mol. The van der Waals surface area contributed by atoms with Gasteiger partial charge in [-0.3, -0.25) is 14.4 Å². The summed E-state index contributed by atoms with van der Waals surface area (Å²) < 4.78 is 0. The van der Waals surface area contributed by atoms with Crippen molar-refractivity contribution in [1.82, 2.24) is 20.4 Å². The van der Waals surface area contributed by atoms with Crippen LogP contribution >= 0.6 is 0 Å². The molecule has 0 aromatic heterocycles. The topological polar surface area (TPSA) is 102 Å². The third-order valence-electron chi connectivity index (χ3n) is 8.59. The fourth-order valence-electron chi connectivity index (χ4n) is 5.53. The van der Waals surface area contributed by atoms with Gasteiger partial charge in [0.15, 0.2) is 0 Å². The molecule has 3 N–H and O–H groups in total. The second kappa shape index (κ2) is 16.7. The van der Waals surface area contributed by atoms with E-state index in [9.17, 15) is 19.5 Å². The Morgan fingerprint density at radius 2 is 1.28 bits per heavy atom. The van der Waals surface area contributed by atoms with Crippen molar-refractivity contribution in [1.29, 1.82) is 0 Å². The van der Waals surface area contributed by atoms with Gasteiger partial charge in [-0.25, -0.2) is 0 Å². The highest BCUT2D eigenvalue weighted by Crippen LogP contribution is 2.23. The molecule has 0 aliphatic carbocycles. The van der Waals surface area contributed by atoms with Gasteiger partial charge in [0.1, 0.15) is 12.1 Å². The third-order valence-corrected chi connectivity index (χ3v) is 8.59. The smallest absolute Gasteiger partial charge is 0.254 e. The molecule has 0 aliphatic heterocycles. The lowest BCUT2D eigenvalue weighted by molar-refractivity contribution is -0.142. The highest BCUT2D eigenvalue weighted by atomic mass is 16.3. The second-order valence-electron chi connectivity index (χ2n) is 12.1. The van der Waals surface area contributed by atoms with Crippen LogP contribution in [0.2, 0.25) is 0 Å². The number of hydrogen-bond donors (Lipinski definition) is 3. The Balaban J connectivity index is 1.68. The van der Waals surface area contributed by atoms with E-state index in [-0.39, 0.29) is 43.1 Å². The van der Waals surface area contributed by atoms with Crippen molar-refractivity contribution in [2.75, 3.05) is 27.7 Å². The Bertz CT molecular complexity index is 1610. The van der Waals surface area contributed by atoms with E-state index in [0.717, 1.165) is 27.8 Å². The van der Waals surface area contributed by atoms with Crippen LogP contribution in [-0.4, -0.2) is 78.5 Å². The van der Waals surface area contributed by atoms with Gasteiger partial charge in [0.25, 0.3) is 5.91 Å². The standard InChI is InChI=1S/C39H46N4O4/c1-27(44)26-41-37(45)35(23-29-13-8-6-9-14-29)42(4)39(47)36(24-30-19-21-32(22-20-30)31-15-10-7-11-16-31)43(5)38(46)34-18-12-17-33(25-34)28(2)40-3/h6-22,25,27-28,35-36,40,44H,23-24,26H2,1-5H3,(H,41,45)/t27-,28?,35-,36-/m1/s1. The lowest BCUT2D eigenvalue weighted by Crippen LogP contribution is -2.56. The first kappa shape index (κ1) is 35.1. The molecule has 0 fully saturated rings. The van der Waals surface area contributed by atoms with Crippen molar-refractivity contribution in [3.05, 3.63) is 131 Å². The number of rotatable bonds is 14. The summed E-state index contributed by atoms with van der Waals surface area (Å²) in [6, 6.07) is 33.2. The monoisotopic (exact) mass is 634 g/mol. The average Bonchev–Trinajstić information content (AvgIpc) is 3.11. The number of carbonyl (C=O) groups is 3. The van der Waals surface area contributed by atoms with E-state index >= 15 is 0 Å². The molecule has 0 heterocycles. The predicted octanol–water partition coefficient (Wildman–Crippen LogP) is 4.88. The number of amides is 3. The molecule has 0 spiro atoms. The Morgan fingerprint density at radius 1 is 0.702 bits per heavy atom. The first-order chi connectivity index (χ1) is 22.6. The number of nitrogens with one attached hydrogen (secondary N) is 2. The molecule has 47 heavy (non-hydrogen) atoms. The van der Waals surface area contributed by atoms with E-state index in [0.29, 0.717) is 5.56 Å². The molecular formula is C39H46N4O4. The van der Waals surface area contributed by atoms with Crippen molar-refractivity contribution in [2.24, 2.45) is 0 Å². The van der Waals surface area contributed by atoms with Gasteiger partial charge >= 0.3 is 0 Å². The molecule has 0 bridgehead atoms. The minimum atomic E-state index is -0.900. The molecule has 0 saturated carbocycles. The van der Waals surface area contributed by atoms with Crippen molar-refractivity contribution in [2.45, 2.75) is 50.9 Å². The first-order valence-electron chi connectivity index (χ1n) is 16.0. The molecule has 8 nitrogen and oxygen atoms in total. The zero-order chi connectivity index (χ0) is 33.9. The normalized spacial score (nSPS) is 13.6. The summed E-state index contributed by atoms with van der Waals surface area (Å²) in [6.07, 6.45) is -0.219. The van der Waals surface area contributed by atoms with E-state index in [4.69, 9.17) is 0 Å². The summed E-state index contributed by atoms with van der Waals surface area (Å²) in [6.45, 7) is 3.67. The van der Waals surface area contributed by atoms with Gasteiger partial charge in [0.2, 0.25) is 11.8 Å². The maximum Gasteiger partial charge on any atom is 0.254 e. The lowest BCUT2D eigenvalue weighted by atomic mass is 9.97. The van der Waals surface area contributed by atoms with Crippen LogP contribution in [0.3, 0.4) is 0 Å². The van der Waals surface area contributed by atoms with Gasteiger partial charge in [-0.05, 0) is 60.8 Å². The van der Waals surface area contributed by atoms with Crippen molar-refractivity contribution >= 4 is 17.7 Å². The molecular weight excluding hydrogens is 588 g/mol. The predicted molar refractivity (Wildman–Crippen MR) is 187 cm³/mol. The first-order valence-corrected chi connectivity index (χ1v) is 16.0. The van der Waals surface area contributed by atoms with Crippen molar-refractivity contribution in [3.63, 3.8) is 0 Å². The van der Waals surface area contributed by atoms with E-state index in [1.54, 1.807) is 27.1 Å². The van der Waals surface area contributed by atoms with E-state index in [1.807, 2.05) is 117 Å². The van der Waals surface area contributed by atoms with E-state index in [2.05, 4.69) is 10.6 Å². The SMILES string of the molecule is CNC(C)c1cccc(C(=O)N(C)[C@H](Cc2ccc(-c3ccccc3)cc2)C(=O)N(C)[C@H](Cc2ccccc2)C(=O)NC[C@@H](C)O)c1. The van der Waals surface area contributed by atoms with E-state index in [1.165, 1.54) is 9.80 Å². The molecule has 1 unspecified atom stereocenters. The van der Waals surface area contributed by atoms with Crippen LogP contribution in [0, 0.1) is 0 Å².